The van der Waals surface area contributed by atoms with Gasteiger partial charge in [0.05, 0.1) is 0 Å². The van der Waals surface area contributed by atoms with E-state index in [4.69, 9.17) is 4.84 Å². The molecule has 0 aromatic rings. The fraction of sp³-hybridized carbons (Fsp3) is 1.00. The summed E-state index contributed by atoms with van der Waals surface area (Å²) in [6.07, 6.45) is 2.17. The zero-order chi connectivity index (χ0) is 9.03. The number of nitrogens with zero attached hydrogens (tertiary/aromatic N) is 1. The monoisotopic (exact) mass is 209 g/mol. The Bertz CT molecular complexity index is 139. The summed E-state index contributed by atoms with van der Waals surface area (Å²) in [5, 5.41) is 3.25. The Morgan fingerprint density at radius 3 is 2.46 bits per heavy atom. The summed E-state index contributed by atoms with van der Waals surface area (Å²) in [5.74, 6) is -0.190. The second-order valence-corrected chi connectivity index (χ2v) is 3.47. The molecule has 1 fully saturated rings. The van der Waals surface area contributed by atoms with Crippen LogP contribution < -0.4 is 10.8 Å². The van der Waals surface area contributed by atoms with E-state index in [0.717, 1.165) is 25.9 Å². The molecule has 1 aliphatic heterocycles. The molecule has 4 nitrogen and oxygen atoms in total. The minimum Gasteiger partial charge on any atom is -0.309 e. The van der Waals surface area contributed by atoms with Gasteiger partial charge in [-0.25, -0.2) is 0 Å². The van der Waals surface area contributed by atoms with Crippen molar-refractivity contribution in [1.82, 2.24) is 15.7 Å². The number of hydroxylamine groups is 1. The third-order valence-corrected chi connectivity index (χ3v) is 1.94. The zero-order valence-electron chi connectivity index (χ0n) is 8.59. The predicted octanol–water partition coefficient (Wildman–Crippen LogP) is 0.548. The molecule has 0 aromatic carbocycles. The van der Waals surface area contributed by atoms with E-state index in [9.17, 15) is 0 Å². The van der Waals surface area contributed by atoms with E-state index in [1.165, 1.54) is 0 Å². The van der Waals surface area contributed by atoms with Crippen LogP contribution in [0.3, 0.4) is 0 Å². The Hall–Kier alpha value is 0.130. The maximum atomic E-state index is 5.14. The summed E-state index contributed by atoms with van der Waals surface area (Å²) in [6.45, 7) is 4.13. The molecule has 1 atom stereocenters. The van der Waals surface area contributed by atoms with E-state index in [1.807, 2.05) is 0 Å². The van der Waals surface area contributed by atoms with Crippen LogP contribution in [-0.4, -0.2) is 37.9 Å². The first-order valence-corrected chi connectivity index (χ1v) is 4.53. The van der Waals surface area contributed by atoms with Gasteiger partial charge in [-0.1, -0.05) is 6.92 Å². The van der Waals surface area contributed by atoms with Gasteiger partial charge in [-0.3, -0.25) is 10.2 Å². The van der Waals surface area contributed by atoms with Crippen molar-refractivity contribution in [1.29, 1.82) is 0 Å². The van der Waals surface area contributed by atoms with Gasteiger partial charge in [0.1, 0.15) is 0 Å². The lowest BCUT2D eigenvalue weighted by Crippen LogP contribution is -2.36. The van der Waals surface area contributed by atoms with Crippen LogP contribution >= 0.6 is 12.4 Å². The van der Waals surface area contributed by atoms with Gasteiger partial charge in [-0.05, 0) is 33.6 Å². The van der Waals surface area contributed by atoms with E-state index < -0.39 is 0 Å². The van der Waals surface area contributed by atoms with Crippen LogP contribution in [-0.2, 0) is 4.84 Å². The van der Waals surface area contributed by atoms with Gasteiger partial charge < -0.3 is 4.90 Å². The number of hydrogen-bond donors (Lipinski definition) is 2. The SMILES string of the molecule is CCNC1(CCCN(C)C)NO1.Cl. The highest BCUT2D eigenvalue weighted by molar-refractivity contribution is 5.85. The molecule has 1 heterocycles. The summed E-state index contributed by atoms with van der Waals surface area (Å²) < 4.78 is 0. The summed E-state index contributed by atoms with van der Waals surface area (Å²) in [4.78, 5) is 7.32. The Morgan fingerprint density at radius 2 is 2.08 bits per heavy atom. The Balaban J connectivity index is 0.00000144. The van der Waals surface area contributed by atoms with Crippen molar-refractivity contribution >= 4 is 12.4 Å². The quantitative estimate of drug-likeness (QED) is 0.628. The smallest absolute Gasteiger partial charge is 0.215 e. The van der Waals surface area contributed by atoms with Crippen molar-refractivity contribution in [3.63, 3.8) is 0 Å². The van der Waals surface area contributed by atoms with E-state index >= 15 is 0 Å². The molecule has 0 aliphatic carbocycles. The number of rotatable bonds is 6. The van der Waals surface area contributed by atoms with Crippen molar-refractivity contribution in [3.8, 4) is 0 Å². The van der Waals surface area contributed by atoms with Crippen LogP contribution in [0.5, 0.6) is 0 Å². The molecule has 0 aromatic heterocycles. The van der Waals surface area contributed by atoms with Gasteiger partial charge in [0, 0.05) is 6.42 Å². The number of hydrogen-bond acceptors (Lipinski definition) is 4. The van der Waals surface area contributed by atoms with Gasteiger partial charge in [-0.15, -0.1) is 12.4 Å². The number of nitrogens with one attached hydrogen (secondary N) is 2. The van der Waals surface area contributed by atoms with Gasteiger partial charge in [0.25, 0.3) is 0 Å². The molecular weight excluding hydrogens is 190 g/mol. The van der Waals surface area contributed by atoms with Crippen molar-refractivity contribution in [2.75, 3.05) is 27.2 Å². The molecule has 80 valence electrons. The second-order valence-electron chi connectivity index (χ2n) is 3.47. The molecule has 1 rings (SSSR count). The average molecular weight is 210 g/mol. The summed E-state index contributed by atoms with van der Waals surface area (Å²) >= 11 is 0. The molecule has 0 spiro atoms. The van der Waals surface area contributed by atoms with E-state index in [1.54, 1.807) is 0 Å². The minimum absolute atomic E-state index is 0. The second kappa shape index (κ2) is 5.78. The lowest BCUT2D eigenvalue weighted by Gasteiger charge is -2.12. The lowest BCUT2D eigenvalue weighted by atomic mass is 10.2. The Morgan fingerprint density at radius 1 is 1.46 bits per heavy atom. The van der Waals surface area contributed by atoms with Gasteiger partial charge >= 0.3 is 0 Å². The normalized spacial score (nSPS) is 25.8. The van der Waals surface area contributed by atoms with Crippen molar-refractivity contribution in [3.05, 3.63) is 0 Å². The Kier molecular flexibility index (Phi) is 5.83. The van der Waals surface area contributed by atoms with Crippen LogP contribution in [0.4, 0.5) is 0 Å². The summed E-state index contributed by atoms with van der Waals surface area (Å²) in [5.41, 5.74) is 2.89. The fourth-order valence-corrected chi connectivity index (χ4v) is 1.25. The third kappa shape index (κ3) is 4.78. The largest absolute Gasteiger partial charge is 0.309 e. The molecule has 0 amide bonds. The lowest BCUT2D eigenvalue weighted by molar-refractivity contribution is 0.228. The molecule has 1 unspecified atom stereocenters. The molecule has 5 heteroatoms. The highest BCUT2D eigenvalue weighted by Gasteiger charge is 2.43. The first-order chi connectivity index (χ1) is 5.68. The molecule has 0 bridgehead atoms. The van der Waals surface area contributed by atoms with Crippen molar-refractivity contribution in [2.24, 2.45) is 0 Å². The van der Waals surface area contributed by atoms with Crippen LogP contribution in [0.1, 0.15) is 19.8 Å². The zero-order valence-corrected chi connectivity index (χ0v) is 9.41. The van der Waals surface area contributed by atoms with Crippen molar-refractivity contribution < 1.29 is 4.84 Å². The maximum absolute atomic E-state index is 5.14. The fourth-order valence-electron chi connectivity index (χ4n) is 1.25. The maximum Gasteiger partial charge on any atom is 0.215 e. The molecule has 0 radical (unpaired) electrons. The predicted molar refractivity (Wildman–Crippen MR) is 55.7 cm³/mol. The van der Waals surface area contributed by atoms with Gasteiger partial charge in [0.2, 0.25) is 5.85 Å². The van der Waals surface area contributed by atoms with E-state index in [0.29, 0.717) is 0 Å². The van der Waals surface area contributed by atoms with Crippen LogP contribution in [0.2, 0.25) is 0 Å². The van der Waals surface area contributed by atoms with Crippen LogP contribution in [0.15, 0.2) is 0 Å². The van der Waals surface area contributed by atoms with Crippen LogP contribution in [0.25, 0.3) is 0 Å². The molecular formula is C8H20ClN3O. The molecule has 2 N–H and O–H groups in total. The van der Waals surface area contributed by atoms with E-state index in [-0.39, 0.29) is 18.3 Å². The van der Waals surface area contributed by atoms with Crippen molar-refractivity contribution in [2.45, 2.75) is 25.6 Å². The van der Waals surface area contributed by atoms with E-state index in [2.05, 4.69) is 36.7 Å². The van der Waals surface area contributed by atoms with Crippen LogP contribution in [0, 0.1) is 0 Å². The highest BCUT2D eigenvalue weighted by Crippen LogP contribution is 2.21. The average Bonchev–Trinajstić information content (AvgIpc) is 2.69. The summed E-state index contributed by atoms with van der Waals surface area (Å²) in [6, 6.07) is 0. The molecule has 13 heavy (non-hydrogen) atoms. The topological polar surface area (TPSA) is 49.7 Å². The summed E-state index contributed by atoms with van der Waals surface area (Å²) in [7, 11) is 4.17. The molecule has 0 saturated carbocycles. The standard InChI is InChI=1S/C8H19N3O.ClH/c1-4-9-8(10-12-8)6-5-7-11(2)3;/h9-10H,4-7H2,1-3H3;1H. The molecule has 1 saturated heterocycles. The van der Waals surface area contributed by atoms with Gasteiger partial charge in [0.15, 0.2) is 0 Å². The minimum atomic E-state index is -0.190. The first kappa shape index (κ1) is 13.1. The molecule has 1 aliphatic rings. The Labute approximate surface area is 86.4 Å². The van der Waals surface area contributed by atoms with Gasteiger partial charge in [-0.2, -0.15) is 5.48 Å². The number of halogens is 1. The third-order valence-electron chi connectivity index (χ3n) is 1.94. The highest BCUT2D eigenvalue weighted by atomic mass is 35.5. The first-order valence-electron chi connectivity index (χ1n) is 4.53.